The van der Waals surface area contributed by atoms with Gasteiger partial charge in [-0.2, -0.15) is 0 Å². The van der Waals surface area contributed by atoms with Gasteiger partial charge in [0, 0.05) is 18.3 Å². The average molecular weight is 194 g/mol. The number of nitro groups is 1. The summed E-state index contributed by atoms with van der Waals surface area (Å²) in [5.74, 6) is 0. The minimum Gasteiger partial charge on any atom is -0.388 e. The summed E-state index contributed by atoms with van der Waals surface area (Å²) in [6.07, 6.45) is -0.217. The van der Waals surface area contributed by atoms with Crippen molar-refractivity contribution in [1.82, 2.24) is 0 Å². The van der Waals surface area contributed by atoms with Crippen LogP contribution in [0, 0.1) is 10.1 Å². The van der Waals surface area contributed by atoms with Crippen LogP contribution in [0.2, 0.25) is 0 Å². The van der Waals surface area contributed by atoms with E-state index in [1.165, 1.54) is 6.07 Å². The fourth-order valence-electron chi connectivity index (χ4n) is 1.70. The Morgan fingerprint density at radius 2 is 2.36 bits per heavy atom. The van der Waals surface area contributed by atoms with Gasteiger partial charge in [0.25, 0.3) is 5.69 Å². The first-order chi connectivity index (χ1) is 6.70. The maximum absolute atomic E-state index is 10.7. The van der Waals surface area contributed by atoms with Gasteiger partial charge in [0.05, 0.1) is 16.6 Å². The fourth-order valence-corrected chi connectivity index (χ4v) is 1.70. The van der Waals surface area contributed by atoms with Crippen molar-refractivity contribution >= 4 is 11.4 Å². The van der Waals surface area contributed by atoms with Gasteiger partial charge in [-0.25, -0.2) is 0 Å². The molecule has 0 aromatic heterocycles. The molecule has 1 aliphatic heterocycles. The first-order valence-electron chi connectivity index (χ1n) is 4.39. The molecule has 1 heterocycles. The minimum absolute atomic E-state index is 0.0119. The molecular weight excluding hydrogens is 184 g/mol. The molecule has 0 fully saturated rings. The first-order valence-corrected chi connectivity index (χ1v) is 4.39. The Labute approximate surface area is 80.5 Å². The Hall–Kier alpha value is -1.62. The molecule has 0 saturated carbocycles. The van der Waals surface area contributed by atoms with E-state index in [1.807, 2.05) is 0 Å². The molecule has 1 unspecified atom stereocenters. The molecule has 1 atom stereocenters. The van der Waals surface area contributed by atoms with Crippen LogP contribution in [0.15, 0.2) is 18.2 Å². The van der Waals surface area contributed by atoms with Gasteiger partial charge in [-0.05, 0) is 12.5 Å². The average Bonchev–Trinajstić information content (AvgIpc) is 2.17. The number of nitrogens with one attached hydrogen (secondary N) is 1. The third kappa shape index (κ3) is 1.31. The number of hydrogen-bond donors (Lipinski definition) is 2. The smallest absolute Gasteiger partial charge is 0.277 e. The predicted octanol–water partition coefficient (Wildman–Crippen LogP) is 1.44. The van der Waals surface area contributed by atoms with Crippen molar-refractivity contribution in [2.45, 2.75) is 12.5 Å². The number of anilines is 1. The molecule has 1 aromatic rings. The van der Waals surface area contributed by atoms with Crippen LogP contribution in [0.1, 0.15) is 18.1 Å². The van der Waals surface area contributed by atoms with Gasteiger partial charge in [-0.3, -0.25) is 10.1 Å². The lowest BCUT2D eigenvalue weighted by Gasteiger charge is -2.22. The third-order valence-electron chi connectivity index (χ3n) is 2.35. The number of aliphatic hydroxyl groups excluding tert-OH is 1. The van der Waals surface area contributed by atoms with E-state index < -0.39 is 11.0 Å². The first kappa shape index (κ1) is 8.96. The largest absolute Gasteiger partial charge is 0.388 e. The van der Waals surface area contributed by atoms with Crippen LogP contribution >= 0.6 is 0 Å². The maximum Gasteiger partial charge on any atom is 0.277 e. The number of hydrogen-bond acceptors (Lipinski definition) is 4. The molecule has 0 bridgehead atoms. The summed E-state index contributed by atoms with van der Waals surface area (Å²) in [5, 5.41) is 23.4. The highest BCUT2D eigenvalue weighted by Gasteiger charge is 2.26. The van der Waals surface area contributed by atoms with E-state index in [0.717, 1.165) is 0 Å². The Morgan fingerprint density at radius 3 is 3.07 bits per heavy atom. The highest BCUT2D eigenvalue weighted by Crippen LogP contribution is 2.36. The summed E-state index contributed by atoms with van der Waals surface area (Å²) in [4.78, 5) is 10.2. The van der Waals surface area contributed by atoms with Crippen LogP contribution in [-0.2, 0) is 0 Å². The zero-order chi connectivity index (χ0) is 10.1. The normalized spacial score (nSPS) is 19.6. The molecule has 5 nitrogen and oxygen atoms in total. The number of rotatable bonds is 1. The molecule has 74 valence electrons. The molecule has 2 N–H and O–H groups in total. The van der Waals surface area contributed by atoms with E-state index in [0.29, 0.717) is 24.2 Å². The van der Waals surface area contributed by atoms with Crippen LogP contribution in [0.4, 0.5) is 11.4 Å². The molecule has 0 radical (unpaired) electrons. The second-order valence-electron chi connectivity index (χ2n) is 3.23. The number of nitro benzene ring substituents is 1. The Kier molecular flexibility index (Phi) is 2.09. The molecule has 14 heavy (non-hydrogen) atoms. The molecule has 0 spiro atoms. The van der Waals surface area contributed by atoms with Gasteiger partial charge < -0.3 is 10.4 Å². The van der Waals surface area contributed by atoms with Crippen molar-refractivity contribution in [3.63, 3.8) is 0 Å². The maximum atomic E-state index is 10.7. The molecular formula is C9H10N2O3. The second kappa shape index (κ2) is 3.26. The number of nitrogens with zero attached hydrogens (tertiary/aromatic N) is 1. The molecule has 5 heteroatoms. The van der Waals surface area contributed by atoms with Crippen LogP contribution in [0.25, 0.3) is 0 Å². The lowest BCUT2D eigenvalue weighted by Crippen LogP contribution is -2.17. The second-order valence-corrected chi connectivity index (χ2v) is 3.23. The zero-order valence-electron chi connectivity index (χ0n) is 7.43. The summed E-state index contributed by atoms with van der Waals surface area (Å²) >= 11 is 0. The van der Waals surface area contributed by atoms with E-state index in [9.17, 15) is 15.2 Å². The van der Waals surface area contributed by atoms with Crippen LogP contribution in [0.5, 0.6) is 0 Å². The lowest BCUT2D eigenvalue weighted by molar-refractivity contribution is -0.386. The molecule has 2 rings (SSSR count). The van der Waals surface area contributed by atoms with E-state index >= 15 is 0 Å². The van der Waals surface area contributed by atoms with E-state index in [2.05, 4.69) is 5.32 Å². The Morgan fingerprint density at radius 1 is 1.57 bits per heavy atom. The van der Waals surface area contributed by atoms with E-state index in [1.54, 1.807) is 12.1 Å². The van der Waals surface area contributed by atoms with Crippen molar-refractivity contribution in [2.75, 3.05) is 11.9 Å². The summed E-state index contributed by atoms with van der Waals surface area (Å²) in [7, 11) is 0. The molecule has 0 amide bonds. The third-order valence-corrected chi connectivity index (χ3v) is 2.35. The lowest BCUT2D eigenvalue weighted by atomic mass is 9.99. The van der Waals surface area contributed by atoms with Crippen molar-refractivity contribution in [3.8, 4) is 0 Å². The van der Waals surface area contributed by atoms with Gasteiger partial charge in [-0.1, -0.05) is 6.07 Å². The molecule has 0 saturated heterocycles. The summed E-state index contributed by atoms with van der Waals surface area (Å²) < 4.78 is 0. The monoisotopic (exact) mass is 194 g/mol. The summed E-state index contributed by atoms with van der Waals surface area (Å²) in [5.41, 5.74) is 1.06. The van der Waals surface area contributed by atoms with E-state index in [4.69, 9.17) is 0 Å². The van der Waals surface area contributed by atoms with Crippen molar-refractivity contribution in [2.24, 2.45) is 0 Å². The van der Waals surface area contributed by atoms with Crippen LogP contribution in [-0.4, -0.2) is 16.6 Å². The summed E-state index contributed by atoms with van der Waals surface area (Å²) in [6.45, 7) is 0.648. The quantitative estimate of drug-likeness (QED) is 0.524. The van der Waals surface area contributed by atoms with Crippen LogP contribution in [0.3, 0.4) is 0 Å². The van der Waals surface area contributed by atoms with Gasteiger partial charge in [0.2, 0.25) is 0 Å². The Balaban J connectivity index is 2.57. The topological polar surface area (TPSA) is 75.4 Å². The predicted molar refractivity (Wildman–Crippen MR) is 51.2 cm³/mol. The zero-order valence-corrected chi connectivity index (χ0v) is 7.43. The highest BCUT2D eigenvalue weighted by molar-refractivity contribution is 5.62. The summed E-state index contributed by atoms with van der Waals surface area (Å²) in [6, 6.07) is 4.77. The minimum atomic E-state index is -0.729. The molecule has 0 aliphatic carbocycles. The SMILES string of the molecule is O=[N+]([O-])c1cccc2c1C(O)CCN2. The van der Waals surface area contributed by atoms with Crippen LogP contribution < -0.4 is 5.32 Å². The number of aliphatic hydroxyl groups is 1. The van der Waals surface area contributed by atoms with Crippen molar-refractivity contribution in [1.29, 1.82) is 0 Å². The number of benzene rings is 1. The standard InChI is InChI=1S/C9H10N2O3/c12-8-4-5-10-6-2-1-3-7(9(6)8)11(13)14/h1-3,8,10,12H,4-5H2. The van der Waals surface area contributed by atoms with Crippen molar-refractivity contribution < 1.29 is 10.0 Å². The van der Waals surface area contributed by atoms with Gasteiger partial charge in [0.15, 0.2) is 0 Å². The molecule has 1 aliphatic rings. The fraction of sp³-hybridized carbons (Fsp3) is 0.333. The van der Waals surface area contributed by atoms with E-state index in [-0.39, 0.29) is 5.69 Å². The highest BCUT2D eigenvalue weighted by atomic mass is 16.6. The van der Waals surface area contributed by atoms with Gasteiger partial charge in [0.1, 0.15) is 0 Å². The number of fused-ring (bicyclic) bond motifs is 1. The molecule has 1 aromatic carbocycles. The van der Waals surface area contributed by atoms with Gasteiger partial charge >= 0.3 is 0 Å². The Bertz CT molecular complexity index is 378. The van der Waals surface area contributed by atoms with Gasteiger partial charge in [-0.15, -0.1) is 0 Å². The van der Waals surface area contributed by atoms with Crippen molar-refractivity contribution in [3.05, 3.63) is 33.9 Å².